The van der Waals surface area contributed by atoms with Crippen LogP contribution in [0.5, 0.6) is 5.75 Å². The summed E-state index contributed by atoms with van der Waals surface area (Å²) in [7, 11) is 1.65. The van der Waals surface area contributed by atoms with E-state index in [1.165, 1.54) is 0 Å². The smallest absolute Gasteiger partial charge is 0.254 e. The molecule has 1 aromatic heterocycles. The summed E-state index contributed by atoms with van der Waals surface area (Å²) in [6, 6.07) is 15.8. The van der Waals surface area contributed by atoms with E-state index in [0.29, 0.717) is 0 Å². The fraction of sp³-hybridized carbons (Fsp3) is 0.273. The first-order valence-electron chi connectivity index (χ1n) is 9.01. The van der Waals surface area contributed by atoms with E-state index in [1.807, 2.05) is 54.3 Å². The highest BCUT2D eigenvalue weighted by atomic mass is 16.5. The topological polar surface area (TPSA) is 42.4 Å². The maximum atomic E-state index is 13.1. The van der Waals surface area contributed by atoms with Gasteiger partial charge in [0.2, 0.25) is 0 Å². The first-order valence-corrected chi connectivity index (χ1v) is 9.01. The first kappa shape index (κ1) is 16.6. The number of hydrogen-bond acceptors (Lipinski definition) is 3. The lowest BCUT2D eigenvalue weighted by Crippen LogP contribution is -2.27. The van der Waals surface area contributed by atoms with Gasteiger partial charge in [-0.3, -0.25) is 4.79 Å². The van der Waals surface area contributed by atoms with Crippen molar-refractivity contribution in [3.05, 3.63) is 59.7 Å². The van der Waals surface area contributed by atoms with Crippen molar-refractivity contribution < 1.29 is 9.53 Å². The molecule has 4 rings (SSSR count). The van der Waals surface area contributed by atoms with Crippen LogP contribution < -0.4 is 4.74 Å². The van der Waals surface area contributed by atoms with Crippen molar-refractivity contribution in [2.24, 2.45) is 0 Å². The summed E-state index contributed by atoms with van der Waals surface area (Å²) >= 11 is 0. The third kappa shape index (κ3) is 3.03. The van der Waals surface area contributed by atoms with Crippen LogP contribution in [0.15, 0.2) is 48.5 Å². The zero-order chi connectivity index (χ0) is 18.1. The number of pyridine rings is 1. The van der Waals surface area contributed by atoms with Crippen molar-refractivity contribution >= 4 is 16.8 Å². The minimum Gasteiger partial charge on any atom is -0.497 e. The van der Waals surface area contributed by atoms with Crippen molar-refractivity contribution in [2.45, 2.75) is 19.8 Å². The second-order valence-electron chi connectivity index (χ2n) is 6.80. The average molecular weight is 346 g/mol. The minimum absolute atomic E-state index is 0.107. The Bertz CT molecular complexity index is 958. The van der Waals surface area contributed by atoms with E-state index in [1.54, 1.807) is 7.11 Å². The van der Waals surface area contributed by atoms with Gasteiger partial charge in [0.05, 0.1) is 23.9 Å². The van der Waals surface area contributed by atoms with E-state index in [9.17, 15) is 4.79 Å². The Morgan fingerprint density at radius 3 is 2.46 bits per heavy atom. The van der Waals surface area contributed by atoms with Crippen LogP contribution in [0.3, 0.4) is 0 Å². The molecule has 1 amide bonds. The highest BCUT2D eigenvalue weighted by Gasteiger charge is 2.22. The van der Waals surface area contributed by atoms with Gasteiger partial charge in [0, 0.05) is 24.0 Å². The molecule has 1 saturated heterocycles. The number of amides is 1. The van der Waals surface area contributed by atoms with Crippen LogP contribution in [0.1, 0.15) is 28.8 Å². The van der Waals surface area contributed by atoms with Gasteiger partial charge in [-0.15, -0.1) is 0 Å². The van der Waals surface area contributed by atoms with E-state index in [0.717, 1.165) is 65.0 Å². The Morgan fingerprint density at radius 2 is 1.77 bits per heavy atom. The quantitative estimate of drug-likeness (QED) is 0.703. The molecule has 3 aromatic rings. The van der Waals surface area contributed by atoms with Crippen LogP contribution in [0, 0.1) is 6.92 Å². The van der Waals surface area contributed by atoms with Gasteiger partial charge in [-0.05, 0) is 62.2 Å². The van der Waals surface area contributed by atoms with E-state index in [-0.39, 0.29) is 5.91 Å². The number of rotatable bonds is 3. The molecule has 1 aliphatic heterocycles. The number of aromatic nitrogens is 1. The van der Waals surface area contributed by atoms with E-state index >= 15 is 0 Å². The van der Waals surface area contributed by atoms with Crippen LogP contribution in [0.25, 0.3) is 22.2 Å². The molecule has 0 spiro atoms. The van der Waals surface area contributed by atoms with Crippen molar-refractivity contribution in [3.63, 3.8) is 0 Å². The molecule has 4 nitrogen and oxygen atoms in total. The molecule has 1 fully saturated rings. The van der Waals surface area contributed by atoms with Gasteiger partial charge in [-0.2, -0.15) is 0 Å². The molecular weight excluding hydrogens is 324 g/mol. The Labute approximate surface area is 153 Å². The highest BCUT2D eigenvalue weighted by Crippen LogP contribution is 2.28. The predicted octanol–water partition coefficient (Wildman–Crippen LogP) is 4.45. The summed E-state index contributed by atoms with van der Waals surface area (Å²) in [5.74, 6) is 0.911. The maximum Gasteiger partial charge on any atom is 0.254 e. The van der Waals surface area contributed by atoms with E-state index < -0.39 is 0 Å². The molecular formula is C22H22N2O2. The van der Waals surface area contributed by atoms with Crippen LogP contribution in [-0.4, -0.2) is 36.0 Å². The molecule has 0 bridgehead atoms. The number of hydrogen-bond donors (Lipinski definition) is 0. The molecule has 1 aliphatic rings. The maximum absolute atomic E-state index is 13.1. The lowest BCUT2D eigenvalue weighted by molar-refractivity contribution is 0.0794. The summed E-state index contributed by atoms with van der Waals surface area (Å²) in [6.45, 7) is 3.72. The molecule has 26 heavy (non-hydrogen) atoms. The highest BCUT2D eigenvalue weighted by molar-refractivity contribution is 6.07. The first-order chi connectivity index (χ1) is 12.7. The van der Waals surface area contributed by atoms with Crippen LogP contribution in [0.4, 0.5) is 0 Å². The number of likely N-dealkylation sites (tertiary alicyclic amines) is 1. The lowest BCUT2D eigenvalue weighted by atomic mass is 10.0. The Morgan fingerprint density at radius 1 is 1.04 bits per heavy atom. The number of carbonyl (C=O) groups excluding carboxylic acids is 1. The third-order valence-corrected chi connectivity index (χ3v) is 4.97. The second kappa shape index (κ2) is 6.79. The summed E-state index contributed by atoms with van der Waals surface area (Å²) in [5, 5.41) is 0.930. The van der Waals surface area contributed by atoms with E-state index in [2.05, 4.69) is 6.07 Å². The van der Waals surface area contributed by atoms with Crippen molar-refractivity contribution in [1.82, 2.24) is 9.88 Å². The van der Waals surface area contributed by atoms with Gasteiger partial charge in [0.1, 0.15) is 5.75 Å². The van der Waals surface area contributed by atoms with Gasteiger partial charge in [-0.1, -0.05) is 11.6 Å². The van der Waals surface area contributed by atoms with Gasteiger partial charge in [0.15, 0.2) is 0 Å². The van der Waals surface area contributed by atoms with Crippen LogP contribution in [-0.2, 0) is 0 Å². The van der Waals surface area contributed by atoms with Gasteiger partial charge in [0.25, 0.3) is 5.91 Å². The molecule has 0 unspecified atom stereocenters. The van der Waals surface area contributed by atoms with Crippen molar-refractivity contribution in [1.29, 1.82) is 0 Å². The molecule has 0 saturated carbocycles. The van der Waals surface area contributed by atoms with Crippen molar-refractivity contribution in [2.75, 3.05) is 20.2 Å². The summed E-state index contributed by atoms with van der Waals surface area (Å²) in [4.78, 5) is 19.9. The number of methoxy groups -OCH3 is 1. The Hall–Kier alpha value is -2.88. The number of carbonyl (C=O) groups is 1. The predicted molar refractivity (Wildman–Crippen MR) is 104 cm³/mol. The zero-order valence-electron chi connectivity index (χ0n) is 15.2. The molecule has 0 radical (unpaired) electrons. The number of ether oxygens (including phenoxy) is 1. The summed E-state index contributed by atoms with van der Waals surface area (Å²) in [6.07, 6.45) is 2.16. The van der Waals surface area contributed by atoms with Crippen LogP contribution >= 0.6 is 0 Å². The second-order valence-corrected chi connectivity index (χ2v) is 6.80. The molecule has 0 aliphatic carbocycles. The zero-order valence-corrected chi connectivity index (χ0v) is 15.2. The molecule has 0 atom stereocenters. The SMILES string of the molecule is COc1ccc(-c2cc(C(=O)N3CCCC3)c3cc(C)ccc3n2)cc1. The molecule has 2 aromatic carbocycles. The lowest BCUT2D eigenvalue weighted by Gasteiger charge is -2.17. The summed E-state index contributed by atoms with van der Waals surface area (Å²) < 4.78 is 5.24. The normalized spacial score (nSPS) is 14.0. The van der Waals surface area contributed by atoms with Crippen LogP contribution in [0.2, 0.25) is 0 Å². The largest absolute Gasteiger partial charge is 0.497 e. The Balaban J connectivity index is 1.86. The number of fused-ring (bicyclic) bond motifs is 1. The minimum atomic E-state index is 0.107. The molecule has 132 valence electrons. The van der Waals surface area contributed by atoms with Crippen molar-refractivity contribution in [3.8, 4) is 17.0 Å². The number of nitrogens with zero attached hydrogens (tertiary/aromatic N) is 2. The molecule has 2 heterocycles. The fourth-order valence-electron chi connectivity index (χ4n) is 3.52. The van der Waals surface area contributed by atoms with E-state index in [4.69, 9.17) is 9.72 Å². The standard InChI is InChI=1S/C22H22N2O2/c1-15-5-10-20-18(13-15)19(22(25)24-11-3-4-12-24)14-21(23-20)16-6-8-17(26-2)9-7-16/h5-10,13-14H,3-4,11-12H2,1-2H3. The van der Waals surface area contributed by atoms with Gasteiger partial charge in [-0.25, -0.2) is 4.98 Å². The fourth-order valence-corrected chi connectivity index (χ4v) is 3.52. The molecule has 0 N–H and O–H groups in total. The third-order valence-electron chi connectivity index (χ3n) is 4.97. The van der Waals surface area contributed by atoms with Gasteiger partial charge >= 0.3 is 0 Å². The monoisotopic (exact) mass is 346 g/mol. The number of benzene rings is 2. The number of aryl methyl sites for hydroxylation is 1. The molecule has 4 heteroatoms. The summed E-state index contributed by atoms with van der Waals surface area (Å²) in [5.41, 5.74) is 4.51. The van der Waals surface area contributed by atoms with Gasteiger partial charge < -0.3 is 9.64 Å². The Kier molecular flexibility index (Phi) is 4.33. The average Bonchev–Trinajstić information content (AvgIpc) is 3.21.